The van der Waals surface area contributed by atoms with Crippen LogP contribution in [0.15, 0.2) is 0 Å². The number of unbranched alkanes of at least 4 members (excludes halogenated alkanes) is 2. The lowest BCUT2D eigenvalue weighted by Gasteiger charge is -2.22. The Morgan fingerprint density at radius 1 is 1.05 bits per heavy atom. The van der Waals surface area contributed by atoms with Gasteiger partial charge in [0, 0.05) is 19.3 Å². The molecule has 2 atom stereocenters. The fraction of sp³-hybridized carbons (Fsp3) is 0.778. The molecule has 2 N–H and O–H groups in total. The second kappa shape index (κ2) is 11.8. The molecule has 20 heavy (non-hydrogen) atoms. The van der Waals surface area contributed by atoms with Crippen molar-refractivity contribution in [2.24, 2.45) is 5.92 Å². The van der Waals surface area contributed by atoms with E-state index in [0.29, 0.717) is 12.3 Å². The normalized spacial score (nSPS) is 14.4. The molecule has 0 aromatic carbocycles. The van der Waals surface area contributed by atoms with Gasteiger partial charge in [-0.05, 0) is 44.9 Å². The van der Waals surface area contributed by atoms with Crippen LogP contribution in [0.5, 0.6) is 0 Å². The molecule has 0 amide bonds. The van der Waals surface area contributed by atoms with E-state index in [2.05, 4.69) is 37.5 Å². The largest absolute Gasteiger partial charge is 0.389 e. The van der Waals surface area contributed by atoms with Gasteiger partial charge in [0.15, 0.2) is 0 Å². The first-order chi connectivity index (χ1) is 9.52. The standard InChI is InChI=1S/C18H30O2/c1-4-5-6-10-14-18(3,20)15-13-17(2)12-9-7-8-11-16-19/h17,19-20H,4-5,7,9,12-16H2,1-3H3. The summed E-state index contributed by atoms with van der Waals surface area (Å²) in [5, 5.41) is 18.8. The molecular formula is C18H30O2. The Bertz CT molecular complexity index is 349. The van der Waals surface area contributed by atoms with Crippen LogP contribution in [0.1, 0.15) is 72.1 Å². The van der Waals surface area contributed by atoms with Crippen LogP contribution in [0.4, 0.5) is 0 Å². The van der Waals surface area contributed by atoms with Crippen LogP contribution in [0.2, 0.25) is 0 Å². The van der Waals surface area contributed by atoms with Crippen LogP contribution in [-0.4, -0.2) is 22.4 Å². The molecule has 0 bridgehead atoms. The lowest BCUT2D eigenvalue weighted by molar-refractivity contribution is 0.0494. The predicted molar refractivity (Wildman–Crippen MR) is 85.0 cm³/mol. The summed E-state index contributed by atoms with van der Waals surface area (Å²) in [4.78, 5) is 0. The van der Waals surface area contributed by atoms with Crippen molar-refractivity contribution in [2.75, 3.05) is 6.61 Å². The predicted octanol–water partition coefficient (Wildman–Crippen LogP) is 3.51. The van der Waals surface area contributed by atoms with Gasteiger partial charge in [0.05, 0.1) is 5.60 Å². The van der Waals surface area contributed by atoms with Gasteiger partial charge in [-0.3, -0.25) is 0 Å². The Hall–Kier alpha value is -0.960. The van der Waals surface area contributed by atoms with Gasteiger partial charge in [-0.15, -0.1) is 17.8 Å². The van der Waals surface area contributed by atoms with Crippen LogP contribution in [0, 0.1) is 29.6 Å². The second-order valence-corrected chi connectivity index (χ2v) is 5.83. The van der Waals surface area contributed by atoms with E-state index < -0.39 is 5.60 Å². The summed E-state index contributed by atoms with van der Waals surface area (Å²) < 4.78 is 0. The summed E-state index contributed by atoms with van der Waals surface area (Å²) in [6, 6.07) is 0. The number of hydrogen-bond donors (Lipinski definition) is 2. The summed E-state index contributed by atoms with van der Waals surface area (Å²) in [5.41, 5.74) is -0.661. The van der Waals surface area contributed by atoms with E-state index >= 15 is 0 Å². The Morgan fingerprint density at radius 3 is 2.40 bits per heavy atom. The number of aliphatic hydroxyl groups excluding tert-OH is 1. The Morgan fingerprint density at radius 2 is 1.75 bits per heavy atom. The molecule has 0 rings (SSSR count). The summed E-state index contributed by atoms with van der Waals surface area (Å²) in [6.45, 7) is 6.17. The maximum absolute atomic E-state index is 10.3. The van der Waals surface area contributed by atoms with Gasteiger partial charge in [-0.1, -0.05) is 19.8 Å². The maximum Gasteiger partial charge on any atom is 0.104 e. The van der Waals surface area contributed by atoms with E-state index in [1.807, 2.05) is 6.92 Å². The topological polar surface area (TPSA) is 40.5 Å². The third-order valence-corrected chi connectivity index (χ3v) is 3.35. The molecule has 2 unspecified atom stereocenters. The number of hydrogen-bond acceptors (Lipinski definition) is 2. The minimum atomic E-state index is -0.661. The van der Waals surface area contributed by atoms with Crippen LogP contribution >= 0.6 is 0 Å². The van der Waals surface area contributed by atoms with Gasteiger partial charge in [0.1, 0.15) is 6.61 Å². The average molecular weight is 278 g/mol. The molecule has 0 saturated heterocycles. The molecule has 2 heteroatoms. The van der Waals surface area contributed by atoms with Crippen molar-refractivity contribution in [3.8, 4) is 23.7 Å². The van der Waals surface area contributed by atoms with E-state index in [0.717, 1.165) is 44.9 Å². The monoisotopic (exact) mass is 278 g/mol. The van der Waals surface area contributed by atoms with Crippen LogP contribution in [-0.2, 0) is 0 Å². The summed E-state index contributed by atoms with van der Waals surface area (Å²) >= 11 is 0. The lowest BCUT2D eigenvalue weighted by atomic mass is 9.90. The first-order valence-corrected chi connectivity index (χ1v) is 7.76. The third kappa shape index (κ3) is 12.1. The van der Waals surface area contributed by atoms with E-state index in [9.17, 15) is 5.11 Å². The highest BCUT2D eigenvalue weighted by Gasteiger charge is 2.19. The molecule has 114 valence electrons. The van der Waals surface area contributed by atoms with Crippen molar-refractivity contribution in [2.45, 2.75) is 77.7 Å². The van der Waals surface area contributed by atoms with Gasteiger partial charge in [-0.2, -0.15) is 0 Å². The van der Waals surface area contributed by atoms with Crippen molar-refractivity contribution >= 4 is 0 Å². The molecular weight excluding hydrogens is 248 g/mol. The minimum Gasteiger partial charge on any atom is -0.389 e. The highest BCUT2D eigenvalue weighted by Crippen LogP contribution is 2.22. The maximum atomic E-state index is 10.3. The first-order valence-electron chi connectivity index (χ1n) is 7.76. The van der Waals surface area contributed by atoms with E-state index in [1.165, 1.54) is 0 Å². The van der Waals surface area contributed by atoms with Crippen LogP contribution < -0.4 is 0 Å². The molecule has 0 aromatic rings. The first kappa shape index (κ1) is 19.0. The summed E-state index contributed by atoms with van der Waals surface area (Å²) in [5.74, 6) is 12.4. The van der Waals surface area contributed by atoms with Crippen molar-refractivity contribution in [3.63, 3.8) is 0 Å². The molecule has 0 aromatic heterocycles. The average Bonchev–Trinajstić information content (AvgIpc) is 2.41. The van der Waals surface area contributed by atoms with Gasteiger partial charge in [0.25, 0.3) is 0 Å². The Balaban J connectivity index is 3.81. The Kier molecular flexibility index (Phi) is 11.3. The fourth-order valence-electron chi connectivity index (χ4n) is 1.94. The third-order valence-electron chi connectivity index (χ3n) is 3.35. The lowest BCUT2D eigenvalue weighted by Crippen LogP contribution is -2.24. The van der Waals surface area contributed by atoms with E-state index in [-0.39, 0.29) is 6.61 Å². The summed E-state index contributed by atoms with van der Waals surface area (Å²) in [6.07, 6.45) is 7.43. The molecule has 0 fully saturated rings. The van der Waals surface area contributed by atoms with E-state index in [1.54, 1.807) is 0 Å². The Labute approximate surface area is 125 Å². The fourth-order valence-corrected chi connectivity index (χ4v) is 1.94. The summed E-state index contributed by atoms with van der Waals surface area (Å²) in [7, 11) is 0. The zero-order valence-electron chi connectivity index (χ0n) is 13.3. The molecule has 2 nitrogen and oxygen atoms in total. The minimum absolute atomic E-state index is 0.0442. The molecule has 0 heterocycles. The van der Waals surface area contributed by atoms with Crippen molar-refractivity contribution in [1.29, 1.82) is 0 Å². The van der Waals surface area contributed by atoms with Gasteiger partial charge in [0.2, 0.25) is 0 Å². The smallest absolute Gasteiger partial charge is 0.104 e. The zero-order chi connectivity index (χ0) is 15.3. The van der Waals surface area contributed by atoms with Crippen LogP contribution in [0.3, 0.4) is 0 Å². The quantitative estimate of drug-likeness (QED) is 0.527. The number of rotatable bonds is 8. The molecule has 0 radical (unpaired) electrons. The van der Waals surface area contributed by atoms with E-state index in [4.69, 9.17) is 5.11 Å². The molecule has 0 aliphatic carbocycles. The van der Waals surface area contributed by atoms with Gasteiger partial charge < -0.3 is 10.2 Å². The zero-order valence-corrected chi connectivity index (χ0v) is 13.3. The van der Waals surface area contributed by atoms with Crippen molar-refractivity contribution in [3.05, 3.63) is 0 Å². The molecule has 0 aliphatic rings. The second-order valence-electron chi connectivity index (χ2n) is 5.83. The SMILES string of the molecule is CCCC#CCC(C)(O)CCC(C)CCCC#CCO. The van der Waals surface area contributed by atoms with Crippen LogP contribution in [0.25, 0.3) is 0 Å². The molecule has 0 spiro atoms. The number of aliphatic hydroxyl groups is 2. The highest BCUT2D eigenvalue weighted by atomic mass is 16.3. The highest BCUT2D eigenvalue weighted by molar-refractivity contribution is 5.02. The molecule has 0 aliphatic heterocycles. The van der Waals surface area contributed by atoms with Crippen molar-refractivity contribution in [1.82, 2.24) is 0 Å². The van der Waals surface area contributed by atoms with Gasteiger partial charge >= 0.3 is 0 Å². The molecule has 0 saturated carbocycles. The van der Waals surface area contributed by atoms with Gasteiger partial charge in [-0.25, -0.2) is 0 Å². The van der Waals surface area contributed by atoms with Crippen molar-refractivity contribution < 1.29 is 10.2 Å².